The third kappa shape index (κ3) is 4.18. The number of rotatable bonds is 3. The van der Waals surface area contributed by atoms with Crippen LogP contribution in [0.2, 0.25) is 0 Å². The molecule has 3 rings (SSSR count). The number of halogens is 2. The number of likely N-dealkylation sites (tertiary alicyclic amines) is 1. The highest BCUT2D eigenvalue weighted by molar-refractivity contribution is 7.17. The molecule has 1 aliphatic heterocycles. The molecule has 0 aliphatic carbocycles. The first-order valence-electron chi connectivity index (χ1n) is 8.38. The first kappa shape index (κ1) is 23.6. The molecule has 1 atom stereocenters. The molecular formula is C17H25Cl2N5O2S. The van der Waals surface area contributed by atoms with Gasteiger partial charge in [0.25, 0.3) is 11.5 Å². The predicted molar refractivity (Wildman–Crippen MR) is 112 cm³/mol. The van der Waals surface area contributed by atoms with Crippen LogP contribution >= 0.6 is 36.2 Å². The SMILES string of the molecule is Cc1nc(-c2c(C)c(C)nn(C)c2=O)sc1C(=O)N1CCCC1CN.Cl.Cl. The molecule has 7 nitrogen and oxygen atoms in total. The molecule has 150 valence electrons. The van der Waals surface area contributed by atoms with Gasteiger partial charge >= 0.3 is 0 Å². The van der Waals surface area contributed by atoms with Crippen LogP contribution in [-0.2, 0) is 7.05 Å². The van der Waals surface area contributed by atoms with E-state index in [1.165, 1.54) is 16.0 Å². The van der Waals surface area contributed by atoms with Crippen LogP contribution in [0.3, 0.4) is 0 Å². The van der Waals surface area contributed by atoms with Crippen LogP contribution in [-0.4, -0.2) is 44.7 Å². The van der Waals surface area contributed by atoms with Crippen LogP contribution in [0, 0.1) is 20.8 Å². The van der Waals surface area contributed by atoms with Crippen molar-refractivity contribution in [3.63, 3.8) is 0 Å². The van der Waals surface area contributed by atoms with Crippen molar-refractivity contribution in [3.05, 3.63) is 32.2 Å². The summed E-state index contributed by atoms with van der Waals surface area (Å²) < 4.78 is 1.32. The molecule has 10 heteroatoms. The van der Waals surface area contributed by atoms with Crippen LogP contribution in [0.1, 0.15) is 39.5 Å². The molecule has 2 aromatic heterocycles. The van der Waals surface area contributed by atoms with E-state index in [-0.39, 0.29) is 42.3 Å². The largest absolute Gasteiger partial charge is 0.334 e. The van der Waals surface area contributed by atoms with Gasteiger partial charge in [-0.2, -0.15) is 5.10 Å². The minimum Gasteiger partial charge on any atom is -0.334 e. The molecule has 0 spiro atoms. The highest BCUT2D eigenvalue weighted by atomic mass is 35.5. The number of carbonyl (C=O) groups is 1. The molecule has 2 N–H and O–H groups in total. The number of aromatic nitrogens is 3. The second kappa shape index (κ2) is 9.14. The number of nitrogens with two attached hydrogens (primary N) is 1. The highest BCUT2D eigenvalue weighted by Crippen LogP contribution is 2.31. The minimum absolute atomic E-state index is 0. The van der Waals surface area contributed by atoms with Crippen LogP contribution in [0.25, 0.3) is 10.6 Å². The summed E-state index contributed by atoms with van der Waals surface area (Å²) in [5, 5.41) is 4.78. The van der Waals surface area contributed by atoms with Crippen LogP contribution in [0.15, 0.2) is 4.79 Å². The quantitative estimate of drug-likeness (QED) is 0.800. The molecule has 2 aromatic rings. The number of aryl methyl sites for hydroxylation is 3. The fourth-order valence-corrected chi connectivity index (χ4v) is 4.40. The zero-order valence-corrected chi connectivity index (χ0v) is 18.3. The van der Waals surface area contributed by atoms with Crippen molar-refractivity contribution in [2.24, 2.45) is 12.8 Å². The van der Waals surface area contributed by atoms with Crippen molar-refractivity contribution in [1.82, 2.24) is 19.7 Å². The lowest BCUT2D eigenvalue weighted by Gasteiger charge is -2.22. The molecule has 3 heterocycles. The van der Waals surface area contributed by atoms with E-state index < -0.39 is 0 Å². The van der Waals surface area contributed by atoms with Gasteiger partial charge in [0.05, 0.1) is 17.0 Å². The van der Waals surface area contributed by atoms with E-state index in [0.717, 1.165) is 30.6 Å². The standard InChI is InChI=1S/C17H23N5O2S.2ClH/c1-9-10(2)20-21(4)16(23)13(9)15-19-11(3)14(25-15)17(24)22-7-5-6-12(22)8-18;;/h12H,5-8,18H2,1-4H3;2*1H. The molecule has 1 amide bonds. The Bertz CT molecular complexity index is 896. The van der Waals surface area contributed by atoms with Gasteiger partial charge in [0, 0.05) is 26.2 Å². The fourth-order valence-electron chi connectivity index (χ4n) is 3.28. The zero-order valence-electron chi connectivity index (χ0n) is 15.8. The summed E-state index contributed by atoms with van der Waals surface area (Å²) in [7, 11) is 1.63. The minimum atomic E-state index is -0.197. The van der Waals surface area contributed by atoms with E-state index in [4.69, 9.17) is 5.73 Å². The van der Waals surface area contributed by atoms with Crippen LogP contribution < -0.4 is 11.3 Å². The normalized spacial score (nSPS) is 16.0. The number of nitrogens with zero attached hydrogens (tertiary/aromatic N) is 4. The smallest absolute Gasteiger partial charge is 0.277 e. The van der Waals surface area contributed by atoms with E-state index >= 15 is 0 Å². The maximum atomic E-state index is 12.9. The molecule has 1 fully saturated rings. The second-order valence-electron chi connectivity index (χ2n) is 6.48. The average molecular weight is 434 g/mol. The first-order chi connectivity index (χ1) is 11.8. The number of carbonyl (C=O) groups excluding carboxylic acids is 1. The van der Waals surface area contributed by atoms with E-state index in [1.807, 2.05) is 25.7 Å². The van der Waals surface area contributed by atoms with Crippen molar-refractivity contribution in [1.29, 1.82) is 0 Å². The summed E-state index contributed by atoms with van der Waals surface area (Å²) in [6.07, 6.45) is 1.91. The molecule has 0 aromatic carbocycles. The van der Waals surface area contributed by atoms with Crippen LogP contribution in [0.5, 0.6) is 0 Å². The van der Waals surface area contributed by atoms with Crippen molar-refractivity contribution in [3.8, 4) is 10.6 Å². The molecule has 1 unspecified atom stereocenters. The first-order valence-corrected chi connectivity index (χ1v) is 9.20. The lowest BCUT2D eigenvalue weighted by molar-refractivity contribution is 0.0745. The van der Waals surface area contributed by atoms with E-state index in [2.05, 4.69) is 10.1 Å². The molecule has 0 bridgehead atoms. The van der Waals surface area contributed by atoms with Gasteiger partial charge in [0.15, 0.2) is 0 Å². The van der Waals surface area contributed by atoms with Gasteiger partial charge in [-0.15, -0.1) is 36.2 Å². The molecule has 27 heavy (non-hydrogen) atoms. The number of hydrogen-bond donors (Lipinski definition) is 1. The van der Waals surface area contributed by atoms with Crippen molar-refractivity contribution in [2.45, 2.75) is 39.7 Å². The van der Waals surface area contributed by atoms with Gasteiger partial charge in [-0.1, -0.05) is 0 Å². The lowest BCUT2D eigenvalue weighted by Crippen LogP contribution is -2.39. The molecular weight excluding hydrogens is 409 g/mol. The zero-order chi connectivity index (χ0) is 18.3. The Morgan fingerprint density at radius 2 is 1.93 bits per heavy atom. The Balaban J connectivity index is 0.00000182. The molecule has 0 radical (unpaired) electrons. The lowest BCUT2D eigenvalue weighted by atomic mass is 10.1. The summed E-state index contributed by atoms with van der Waals surface area (Å²) in [5.41, 5.74) is 8.36. The number of hydrogen-bond acceptors (Lipinski definition) is 6. The van der Waals surface area contributed by atoms with Crippen LogP contribution in [0.4, 0.5) is 0 Å². The topological polar surface area (TPSA) is 94.1 Å². The van der Waals surface area contributed by atoms with Gasteiger partial charge in [0.2, 0.25) is 0 Å². The number of amides is 1. The Labute approximate surface area is 174 Å². The van der Waals surface area contributed by atoms with Crippen molar-refractivity contribution in [2.75, 3.05) is 13.1 Å². The Kier molecular flexibility index (Phi) is 7.98. The molecule has 1 saturated heterocycles. The average Bonchev–Trinajstić information content (AvgIpc) is 3.19. The van der Waals surface area contributed by atoms with Gasteiger partial charge in [0.1, 0.15) is 9.88 Å². The summed E-state index contributed by atoms with van der Waals surface area (Å²) in [6, 6.07) is 0.0928. The predicted octanol–water partition coefficient (Wildman–Crippen LogP) is 2.24. The maximum absolute atomic E-state index is 12.9. The van der Waals surface area contributed by atoms with Gasteiger partial charge in [-0.25, -0.2) is 9.67 Å². The Morgan fingerprint density at radius 1 is 1.26 bits per heavy atom. The van der Waals surface area contributed by atoms with Gasteiger partial charge in [-0.05, 0) is 39.2 Å². The summed E-state index contributed by atoms with van der Waals surface area (Å²) in [6.45, 7) is 6.74. The Hall–Kier alpha value is -1.48. The summed E-state index contributed by atoms with van der Waals surface area (Å²) in [4.78, 5) is 32.4. The van der Waals surface area contributed by atoms with Gasteiger partial charge < -0.3 is 10.6 Å². The molecule has 1 aliphatic rings. The second-order valence-corrected chi connectivity index (χ2v) is 7.48. The maximum Gasteiger partial charge on any atom is 0.277 e. The highest BCUT2D eigenvalue weighted by Gasteiger charge is 2.31. The van der Waals surface area contributed by atoms with Crippen molar-refractivity contribution < 1.29 is 4.79 Å². The Morgan fingerprint density at radius 3 is 2.56 bits per heavy atom. The van der Waals surface area contributed by atoms with E-state index in [0.29, 0.717) is 27.7 Å². The fraction of sp³-hybridized carbons (Fsp3) is 0.529. The van der Waals surface area contributed by atoms with Crippen molar-refractivity contribution >= 4 is 42.1 Å². The van der Waals surface area contributed by atoms with Gasteiger partial charge in [-0.3, -0.25) is 9.59 Å². The third-order valence-corrected chi connectivity index (χ3v) is 6.00. The van der Waals surface area contributed by atoms with E-state index in [9.17, 15) is 9.59 Å². The summed E-state index contributed by atoms with van der Waals surface area (Å²) >= 11 is 1.28. The monoisotopic (exact) mass is 433 g/mol. The number of thiazole rings is 1. The van der Waals surface area contributed by atoms with E-state index in [1.54, 1.807) is 7.05 Å². The molecule has 0 saturated carbocycles. The third-order valence-electron chi connectivity index (χ3n) is 4.84. The summed E-state index contributed by atoms with van der Waals surface area (Å²) in [5.74, 6) is -0.0329.